The third kappa shape index (κ3) is 4.63. The summed E-state index contributed by atoms with van der Waals surface area (Å²) < 4.78 is 27.1. The van der Waals surface area contributed by atoms with Gasteiger partial charge in [-0.3, -0.25) is 14.7 Å². The van der Waals surface area contributed by atoms with Gasteiger partial charge in [0.05, 0.1) is 0 Å². The minimum atomic E-state index is -0.648. The fourth-order valence-corrected chi connectivity index (χ4v) is 3.74. The molecule has 1 aromatic heterocycles. The number of nitrogens with zero attached hydrogens (tertiary/aromatic N) is 3. The average Bonchev–Trinajstić information content (AvgIpc) is 2.77. The normalized spacial score (nSPS) is 15.6. The number of rotatable bonds is 5. The molecule has 0 saturated carbocycles. The van der Waals surface area contributed by atoms with Crippen LogP contribution < -0.4 is 10.2 Å². The van der Waals surface area contributed by atoms with Gasteiger partial charge in [-0.15, -0.1) is 0 Å². The smallest absolute Gasteiger partial charge is 0.246 e. The fraction of sp³-hybridized carbons (Fsp3) is 0.217. The molecular formula is C23H22F2N4O. The van der Waals surface area contributed by atoms with Crippen molar-refractivity contribution in [2.45, 2.75) is 6.04 Å². The number of piperazine rings is 1. The molecule has 1 atom stereocenters. The molecule has 5 nitrogen and oxygen atoms in total. The van der Waals surface area contributed by atoms with E-state index in [4.69, 9.17) is 0 Å². The van der Waals surface area contributed by atoms with Crippen LogP contribution in [0, 0.1) is 11.6 Å². The highest BCUT2D eigenvalue weighted by Crippen LogP contribution is 2.26. The highest BCUT2D eigenvalue weighted by molar-refractivity contribution is 5.95. The molecule has 3 aromatic rings. The zero-order valence-corrected chi connectivity index (χ0v) is 16.3. The van der Waals surface area contributed by atoms with Crippen molar-refractivity contribution in [3.8, 4) is 0 Å². The van der Waals surface area contributed by atoms with Crippen molar-refractivity contribution in [1.29, 1.82) is 0 Å². The molecule has 2 heterocycles. The quantitative estimate of drug-likeness (QED) is 0.697. The van der Waals surface area contributed by atoms with Gasteiger partial charge in [-0.25, -0.2) is 8.78 Å². The predicted octanol–water partition coefficient (Wildman–Crippen LogP) is 3.86. The maximum Gasteiger partial charge on any atom is 0.246 e. The molecule has 0 radical (unpaired) electrons. The minimum absolute atomic E-state index is 0.274. The van der Waals surface area contributed by atoms with Crippen LogP contribution in [0.4, 0.5) is 20.2 Å². The number of benzene rings is 2. The van der Waals surface area contributed by atoms with E-state index in [1.807, 2.05) is 17.0 Å². The molecule has 4 rings (SSSR count). The molecule has 2 aromatic carbocycles. The summed E-state index contributed by atoms with van der Waals surface area (Å²) in [6.45, 7) is 2.75. The van der Waals surface area contributed by atoms with Gasteiger partial charge in [-0.05, 0) is 54.1 Å². The Hall–Kier alpha value is -3.32. The molecule has 0 aliphatic carbocycles. The van der Waals surface area contributed by atoms with Crippen molar-refractivity contribution in [2.24, 2.45) is 0 Å². The molecule has 0 spiro atoms. The molecule has 1 aliphatic heterocycles. The van der Waals surface area contributed by atoms with E-state index >= 15 is 0 Å². The first-order valence-corrected chi connectivity index (χ1v) is 9.81. The van der Waals surface area contributed by atoms with E-state index in [-0.39, 0.29) is 17.5 Å². The van der Waals surface area contributed by atoms with Crippen molar-refractivity contribution in [1.82, 2.24) is 9.88 Å². The van der Waals surface area contributed by atoms with Gasteiger partial charge in [-0.2, -0.15) is 0 Å². The second-order valence-electron chi connectivity index (χ2n) is 7.18. The number of halogens is 2. The van der Waals surface area contributed by atoms with E-state index in [1.165, 1.54) is 36.4 Å². The number of carbonyl (C=O) groups is 1. The lowest BCUT2D eigenvalue weighted by Gasteiger charge is -2.39. The van der Waals surface area contributed by atoms with Gasteiger partial charge >= 0.3 is 0 Å². The summed E-state index contributed by atoms with van der Waals surface area (Å²) in [5.74, 6) is -1.03. The fourth-order valence-electron chi connectivity index (χ4n) is 3.74. The Bertz CT molecular complexity index is 990. The zero-order chi connectivity index (χ0) is 20.9. The first-order chi connectivity index (χ1) is 14.6. The first-order valence-electron chi connectivity index (χ1n) is 9.81. The third-order valence-corrected chi connectivity index (χ3v) is 5.23. The number of carbonyl (C=O) groups excluding carboxylic acids is 1. The molecule has 1 fully saturated rings. The van der Waals surface area contributed by atoms with Crippen LogP contribution in [0.3, 0.4) is 0 Å². The summed E-state index contributed by atoms with van der Waals surface area (Å²) in [5, 5.41) is 2.84. The van der Waals surface area contributed by atoms with Crippen LogP contribution in [0.1, 0.15) is 11.6 Å². The van der Waals surface area contributed by atoms with Crippen LogP contribution in [0.5, 0.6) is 0 Å². The molecule has 1 amide bonds. The minimum Gasteiger partial charge on any atom is -0.369 e. The van der Waals surface area contributed by atoms with Crippen LogP contribution in [0.15, 0.2) is 73.1 Å². The van der Waals surface area contributed by atoms with Crippen molar-refractivity contribution in [3.63, 3.8) is 0 Å². The van der Waals surface area contributed by atoms with Gasteiger partial charge in [0.15, 0.2) is 0 Å². The number of aromatic nitrogens is 1. The lowest BCUT2D eigenvalue weighted by Crippen LogP contribution is -2.50. The Morgan fingerprint density at radius 1 is 0.900 bits per heavy atom. The average molecular weight is 408 g/mol. The highest BCUT2D eigenvalue weighted by Gasteiger charge is 2.31. The van der Waals surface area contributed by atoms with Crippen LogP contribution in [0.2, 0.25) is 0 Å². The molecule has 1 saturated heterocycles. The second-order valence-corrected chi connectivity index (χ2v) is 7.18. The number of anilines is 2. The monoisotopic (exact) mass is 408 g/mol. The van der Waals surface area contributed by atoms with Crippen molar-refractivity contribution in [3.05, 3.63) is 90.3 Å². The summed E-state index contributed by atoms with van der Waals surface area (Å²) in [6, 6.07) is 15.0. The number of amides is 1. The van der Waals surface area contributed by atoms with Gasteiger partial charge in [0.2, 0.25) is 5.91 Å². The predicted molar refractivity (Wildman–Crippen MR) is 112 cm³/mol. The molecule has 1 unspecified atom stereocenters. The highest BCUT2D eigenvalue weighted by atomic mass is 19.1. The van der Waals surface area contributed by atoms with E-state index in [9.17, 15) is 13.6 Å². The van der Waals surface area contributed by atoms with Crippen molar-refractivity contribution >= 4 is 17.3 Å². The van der Waals surface area contributed by atoms with Gasteiger partial charge in [-0.1, -0.05) is 12.1 Å². The number of hydrogen-bond acceptors (Lipinski definition) is 4. The first kappa shape index (κ1) is 20.0. The molecule has 154 valence electrons. The maximum absolute atomic E-state index is 13.9. The SMILES string of the molecule is O=C(Nc1ccc(F)cc1)C(c1cccc(F)c1)N1CCN(c2ccncc2)CC1. The van der Waals surface area contributed by atoms with E-state index < -0.39 is 6.04 Å². The lowest BCUT2D eigenvalue weighted by molar-refractivity contribution is -0.121. The zero-order valence-electron chi connectivity index (χ0n) is 16.3. The summed E-state index contributed by atoms with van der Waals surface area (Å²) in [7, 11) is 0. The van der Waals surface area contributed by atoms with E-state index in [1.54, 1.807) is 24.5 Å². The number of nitrogens with one attached hydrogen (secondary N) is 1. The van der Waals surface area contributed by atoms with Gasteiger partial charge in [0.1, 0.15) is 17.7 Å². The molecule has 30 heavy (non-hydrogen) atoms. The van der Waals surface area contributed by atoms with Crippen LogP contribution in [-0.4, -0.2) is 42.0 Å². The summed E-state index contributed by atoms with van der Waals surface area (Å²) in [4.78, 5) is 21.5. The van der Waals surface area contributed by atoms with Gasteiger partial charge in [0.25, 0.3) is 0 Å². The Morgan fingerprint density at radius 2 is 1.60 bits per heavy atom. The third-order valence-electron chi connectivity index (χ3n) is 5.23. The maximum atomic E-state index is 13.9. The van der Waals surface area contributed by atoms with Crippen LogP contribution in [0.25, 0.3) is 0 Å². The van der Waals surface area contributed by atoms with Gasteiger partial charge in [0, 0.05) is 49.9 Å². The van der Waals surface area contributed by atoms with Crippen molar-refractivity contribution in [2.75, 3.05) is 36.4 Å². The van der Waals surface area contributed by atoms with Crippen molar-refractivity contribution < 1.29 is 13.6 Å². The Labute approximate surface area is 174 Å². The van der Waals surface area contributed by atoms with Gasteiger partial charge < -0.3 is 10.2 Å². The summed E-state index contributed by atoms with van der Waals surface area (Å²) in [5.41, 5.74) is 2.17. The number of pyridine rings is 1. The van der Waals surface area contributed by atoms with E-state index in [0.29, 0.717) is 24.3 Å². The Kier molecular flexibility index (Phi) is 5.99. The molecular weight excluding hydrogens is 386 g/mol. The Balaban J connectivity index is 1.53. The number of hydrogen-bond donors (Lipinski definition) is 1. The molecule has 0 bridgehead atoms. The lowest BCUT2D eigenvalue weighted by atomic mass is 10.0. The standard InChI is InChI=1S/C23H22F2N4O/c24-18-4-6-20(7-5-18)27-23(30)22(17-2-1-3-19(25)16-17)29-14-12-28(13-15-29)21-8-10-26-11-9-21/h1-11,16,22H,12-15H2,(H,27,30). The largest absolute Gasteiger partial charge is 0.369 e. The summed E-state index contributed by atoms with van der Waals surface area (Å²) in [6.07, 6.45) is 3.51. The molecule has 1 aliphatic rings. The summed E-state index contributed by atoms with van der Waals surface area (Å²) >= 11 is 0. The molecule has 1 N–H and O–H groups in total. The Morgan fingerprint density at radius 3 is 2.27 bits per heavy atom. The topological polar surface area (TPSA) is 48.5 Å². The second kappa shape index (κ2) is 9.00. The van der Waals surface area contributed by atoms with E-state index in [2.05, 4.69) is 15.2 Å². The van der Waals surface area contributed by atoms with Crippen LogP contribution >= 0.6 is 0 Å². The van der Waals surface area contributed by atoms with Crippen LogP contribution in [-0.2, 0) is 4.79 Å². The van der Waals surface area contributed by atoms with E-state index in [0.717, 1.165) is 18.8 Å². The molecule has 7 heteroatoms.